The Bertz CT molecular complexity index is 306. The van der Waals surface area contributed by atoms with Gasteiger partial charge in [0.2, 0.25) is 0 Å². The minimum Gasteiger partial charge on any atom is -0.332 e. The Hall–Kier alpha value is -0.830. The third-order valence-corrected chi connectivity index (χ3v) is 3.42. The lowest BCUT2D eigenvalue weighted by Gasteiger charge is -2.18. The van der Waals surface area contributed by atoms with Crippen molar-refractivity contribution in [2.75, 3.05) is 20.1 Å². The number of hydrogen-bond donors (Lipinski definition) is 0. The minimum absolute atomic E-state index is 0.674. The van der Waals surface area contributed by atoms with Crippen LogP contribution in [0.5, 0.6) is 0 Å². The predicted molar refractivity (Wildman–Crippen MR) is 62.0 cm³/mol. The molecule has 15 heavy (non-hydrogen) atoms. The molecule has 3 heteroatoms. The lowest BCUT2D eigenvalue weighted by Crippen LogP contribution is -2.19. The van der Waals surface area contributed by atoms with Crippen LogP contribution in [0, 0.1) is 0 Å². The van der Waals surface area contributed by atoms with Crippen molar-refractivity contribution < 1.29 is 0 Å². The van der Waals surface area contributed by atoms with E-state index >= 15 is 0 Å². The summed E-state index contributed by atoms with van der Waals surface area (Å²) in [5, 5.41) is 0. The van der Waals surface area contributed by atoms with Gasteiger partial charge in [-0.25, -0.2) is 4.98 Å². The second-order valence-electron chi connectivity index (χ2n) is 4.53. The Labute approximate surface area is 92.1 Å². The van der Waals surface area contributed by atoms with Gasteiger partial charge < -0.3 is 9.47 Å². The molecule has 0 aromatic carbocycles. The summed E-state index contributed by atoms with van der Waals surface area (Å²) in [6.45, 7) is 4.66. The van der Waals surface area contributed by atoms with E-state index in [9.17, 15) is 0 Å². The zero-order valence-electron chi connectivity index (χ0n) is 9.82. The zero-order chi connectivity index (χ0) is 10.7. The van der Waals surface area contributed by atoms with Gasteiger partial charge in [0.05, 0.1) is 6.33 Å². The highest BCUT2D eigenvalue weighted by Crippen LogP contribution is 2.23. The summed E-state index contributed by atoms with van der Waals surface area (Å²) in [5.41, 5.74) is 1.38. The average molecular weight is 207 g/mol. The molecular weight excluding hydrogens is 186 g/mol. The monoisotopic (exact) mass is 207 g/mol. The first-order chi connectivity index (χ1) is 7.31. The van der Waals surface area contributed by atoms with Crippen molar-refractivity contribution >= 4 is 0 Å². The summed E-state index contributed by atoms with van der Waals surface area (Å²) >= 11 is 0. The smallest absolute Gasteiger partial charge is 0.0950 e. The number of nitrogens with zero attached hydrogens (tertiary/aromatic N) is 3. The molecule has 1 atom stereocenters. The first-order valence-corrected chi connectivity index (χ1v) is 6.00. The second kappa shape index (κ2) is 4.79. The van der Waals surface area contributed by atoms with E-state index in [1.807, 2.05) is 12.5 Å². The maximum absolute atomic E-state index is 4.27. The quantitative estimate of drug-likeness (QED) is 0.740. The van der Waals surface area contributed by atoms with Gasteiger partial charge in [-0.15, -0.1) is 0 Å². The molecule has 1 fully saturated rings. The summed E-state index contributed by atoms with van der Waals surface area (Å²) in [6.07, 6.45) is 8.98. The van der Waals surface area contributed by atoms with Crippen molar-refractivity contribution in [1.29, 1.82) is 0 Å². The van der Waals surface area contributed by atoms with Gasteiger partial charge in [0, 0.05) is 17.9 Å². The second-order valence-corrected chi connectivity index (χ2v) is 4.53. The van der Waals surface area contributed by atoms with E-state index in [0.29, 0.717) is 6.04 Å². The molecule has 1 aliphatic heterocycles. The van der Waals surface area contributed by atoms with Crippen LogP contribution in [0.2, 0.25) is 0 Å². The summed E-state index contributed by atoms with van der Waals surface area (Å²) in [5.74, 6) is 0. The normalized spacial score (nSPS) is 24.0. The van der Waals surface area contributed by atoms with Gasteiger partial charge in [-0.2, -0.15) is 0 Å². The molecule has 0 bridgehead atoms. The van der Waals surface area contributed by atoms with Crippen molar-refractivity contribution in [3.05, 3.63) is 18.2 Å². The lowest BCUT2D eigenvalue weighted by molar-refractivity contribution is 0.340. The maximum atomic E-state index is 4.27. The van der Waals surface area contributed by atoms with E-state index < -0.39 is 0 Å². The lowest BCUT2D eigenvalue weighted by atomic mass is 10.1. The largest absolute Gasteiger partial charge is 0.332 e. The zero-order valence-corrected chi connectivity index (χ0v) is 9.82. The van der Waals surface area contributed by atoms with Crippen LogP contribution in [-0.4, -0.2) is 34.6 Å². The van der Waals surface area contributed by atoms with Crippen molar-refractivity contribution in [3.63, 3.8) is 0 Å². The Kier molecular flexibility index (Phi) is 3.41. The summed E-state index contributed by atoms with van der Waals surface area (Å²) < 4.78 is 2.39. The molecule has 1 aromatic rings. The predicted octanol–water partition coefficient (Wildman–Crippen LogP) is 2.10. The van der Waals surface area contributed by atoms with E-state index in [4.69, 9.17) is 0 Å². The summed E-state index contributed by atoms with van der Waals surface area (Å²) in [7, 11) is 2.22. The molecule has 2 rings (SSSR count). The Balaban J connectivity index is 2.09. The van der Waals surface area contributed by atoms with Crippen LogP contribution in [0.25, 0.3) is 0 Å². The van der Waals surface area contributed by atoms with Crippen LogP contribution in [0.4, 0.5) is 0 Å². The third-order valence-electron chi connectivity index (χ3n) is 3.42. The van der Waals surface area contributed by atoms with Gasteiger partial charge in [0.25, 0.3) is 0 Å². The number of imidazole rings is 1. The molecule has 0 N–H and O–H groups in total. The van der Waals surface area contributed by atoms with Gasteiger partial charge in [-0.05, 0) is 45.8 Å². The van der Waals surface area contributed by atoms with E-state index in [1.165, 1.54) is 38.0 Å². The van der Waals surface area contributed by atoms with Crippen LogP contribution in [0.3, 0.4) is 0 Å². The van der Waals surface area contributed by atoms with Crippen LogP contribution in [-0.2, 0) is 6.42 Å². The third kappa shape index (κ3) is 2.40. The highest BCUT2D eigenvalue weighted by Gasteiger charge is 2.17. The Morgan fingerprint density at radius 2 is 2.27 bits per heavy atom. The van der Waals surface area contributed by atoms with Crippen molar-refractivity contribution in [1.82, 2.24) is 14.5 Å². The Morgan fingerprint density at radius 1 is 1.40 bits per heavy atom. The summed E-state index contributed by atoms with van der Waals surface area (Å²) in [4.78, 5) is 6.70. The highest BCUT2D eigenvalue weighted by molar-refractivity contribution is 5.00. The fourth-order valence-electron chi connectivity index (χ4n) is 2.44. The van der Waals surface area contributed by atoms with Crippen molar-refractivity contribution in [2.24, 2.45) is 0 Å². The number of hydrogen-bond acceptors (Lipinski definition) is 2. The fraction of sp³-hybridized carbons (Fsp3) is 0.750. The first-order valence-electron chi connectivity index (χ1n) is 6.00. The van der Waals surface area contributed by atoms with E-state index in [2.05, 4.69) is 28.4 Å². The number of aromatic nitrogens is 2. The molecule has 1 aliphatic rings. The molecule has 0 saturated carbocycles. The molecule has 3 nitrogen and oxygen atoms in total. The maximum Gasteiger partial charge on any atom is 0.0950 e. The SMILES string of the molecule is CCc1cncn1C1CCCN(C)CC1. The molecule has 2 heterocycles. The van der Waals surface area contributed by atoms with Crippen LogP contribution >= 0.6 is 0 Å². The molecule has 1 saturated heterocycles. The minimum atomic E-state index is 0.674. The van der Waals surface area contributed by atoms with E-state index in [-0.39, 0.29) is 0 Å². The molecule has 84 valence electrons. The topological polar surface area (TPSA) is 21.1 Å². The molecule has 0 aliphatic carbocycles. The first kappa shape index (κ1) is 10.7. The van der Waals surface area contributed by atoms with Crippen LogP contribution in [0.15, 0.2) is 12.5 Å². The number of rotatable bonds is 2. The van der Waals surface area contributed by atoms with Crippen LogP contribution in [0.1, 0.15) is 37.9 Å². The molecule has 1 unspecified atom stereocenters. The van der Waals surface area contributed by atoms with Crippen molar-refractivity contribution in [3.8, 4) is 0 Å². The Morgan fingerprint density at radius 3 is 3.07 bits per heavy atom. The molecule has 0 radical (unpaired) electrons. The standard InChI is InChI=1S/C12H21N3/c1-3-11-9-13-10-15(11)12-5-4-7-14(2)8-6-12/h9-10,12H,3-8H2,1-2H3. The molecular formula is C12H21N3. The number of likely N-dealkylation sites (tertiary alicyclic amines) is 1. The molecule has 0 amide bonds. The number of aryl methyl sites for hydroxylation is 1. The molecule has 1 aromatic heterocycles. The highest BCUT2D eigenvalue weighted by atomic mass is 15.1. The average Bonchev–Trinajstić information content (AvgIpc) is 2.61. The summed E-state index contributed by atoms with van der Waals surface area (Å²) in [6, 6.07) is 0.674. The van der Waals surface area contributed by atoms with Gasteiger partial charge in [-0.1, -0.05) is 6.92 Å². The van der Waals surface area contributed by atoms with Gasteiger partial charge in [-0.3, -0.25) is 0 Å². The van der Waals surface area contributed by atoms with Crippen molar-refractivity contribution in [2.45, 2.75) is 38.6 Å². The molecule has 0 spiro atoms. The van der Waals surface area contributed by atoms with E-state index in [0.717, 1.165) is 6.42 Å². The van der Waals surface area contributed by atoms with Crippen LogP contribution < -0.4 is 0 Å². The van der Waals surface area contributed by atoms with Gasteiger partial charge >= 0.3 is 0 Å². The fourth-order valence-corrected chi connectivity index (χ4v) is 2.44. The van der Waals surface area contributed by atoms with Gasteiger partial charge in [0.1, 0.15) is 0 Å². The van der Waals surface area contributed by atoms with Gasteiger partial charge in [0.15, 0.2) is 0 Å². The van der Waals surface area contributed by atoms with E-state index in [1.54, 1.807) is 0 Å².